The molecule has 5 N–H and O–H groups in total. The summed E-state index contributed by atoms with van der Waals surface area (Å²) in [6.07, 6.45) is 0.247. The standard InChI is InChI=1S/C12H16BrN3OS/c1-12(2,6-10(14)17)16-9-4-3-7(11(15)18)5-8(9)13/h3-5,16H,6H2,1-2H3,(H2,14,17)(H2,15,18). The highest BCUT2D eigenvalue weighted by atomic mass is 79.9. The second-order valence-electron chi connectivity index (χ2n) is 4.71. The molecule has 0 saturated heterocycles. The fourth-order valence-electron chi connectivity index (χ4n) is 1.61. The van der Waals surface area contributed by atoms with Crippen molar-refractivity contribution in [2.24, 2.45) is 11.5 Å². The number of carbonyl (C=O) groups is 1. The van der Waals surface area contributed by atoms with E-state index in [0.29, 0.717) is 4.99 Å². The number of amides is 1. The number of rotatable bonds is 5. The molecular formula is C12H16BrN3OS. The van der Waals surface area contributed by atoms with Gasteiger partial charge in [0.25, 0.3) is 0 Å². The molecule has 4 nitrogen and oxygen atoms in total. The lowest BCUT2D eigenvalue weighted by Gasteiger charge is -2.27. The van der Waals surface area contributed by atoms with E-state index in [1.165, 1.54) is 0 Å². The van der Waals surface area contributed by atoms with Crippen molar-refractivity contribution in [1.82, 2.24) is 0 Å². The van der Waals surface area contributed by atoms with Crippen LogP contribution in [0.4, 0.5) is 5.69 Å². The second kappa shape index (κ2) is 5.67. The molecule has 1 aromatic carbocycles. The van der Waals surface area contributed by atoms with E-state index in [9.17, 15) is 4.79 Å². The summed E-state index contributed by atoms with van der Waals surface area (Å²) in [5.41, 5.74) is 12.0. The lowest BCUT2D eigenvalue weighted by atomic mass is 9.99. The van der Waals surface area contributed by atoms with E-state index in [1.54, 1.807) is 0 Å². The van der Waals surface area contributed by atoms with Crippen molar-refractivity contribution in [2.75, 3.05) is 5.32 Å². The monoisotopic (exact) mass is 329 g/mol. The summed E-state index contributed by atoms with van der Waals surface area (Å²) in [6, 6.07) is 5.53. The summed E-state index contributed by atoms with van der Waals surface area (Å²) in [4.78, 5) is 11.3. The van der Waals surface area contributed by atoms with E-state index < -0.39 is 5.54 Å². The highest BCUT2D eigenvalue weighted by Crippen LogP contribution is 2.27. The second-order valence-corrected chi connectivity index (χ2v) is 6.01. The van der Waals surface area contributed by atoms with E-state index in [0.717, 1.165) is 15.7 Å². The summed E-state index contributed by atoms with van der Waals surface area (Å²) in [7, 11) is 0. The molecule has 0 heterocycles. The predicted molar refractivity (Wildman–Crippen MR) is 81.5 cm³/mol. The quantitative estimate of drug-likeness (QED) is 0.723. The van der Waals surface area contributed by atoms with Gasteiger partial charge in [0.15, 0.2) is 0 Å². The van der Waals surface area contributed by atoms with E-state index >= 15 is 0 Å². The number of hydrogen-bond donors (Lipinski definition) is 3. The largest absolute Gasteiger partial charge is 0.389 e. The van der Waals surface area contributed by atoms with Gasteiger partial charge in [0.05, 0.1) is 0 Å². The van der Waals surface area contributed by atoms with Gasteiger partial charge in [-0.1, -0.05) is 12.2 Å². The lowest BCUT2D eigenvalue weighted by molar-refractivity contribution is -0.118. The minimum atomic E-state index is -0.418. The van der Waals surface area contributed by atoms with Crippen LogP contribution in [0.15, 0.2) is 22.7 Å². The van der Waals surface area contributed by atoms with Crippen LogP contribution in [-0.4, -0.2) is 16.4 Å². The third-order valence-electron chi connectivity index (χ3n) is 2.34. The van der Waals surface area contributed by atoms with Crippen LogP contribution in [0.2, 0.25) is 0 Å². The Kier molecular flexibility index (Phi) is 4.70. The minimum absolute atomic E-state index is 0.247. The SMILES string of the molecule is CC(C)(CC(N)=O)Nc1ccc(C(N)=S)cc1Br. The molecule has 0 aliphatic heterocycles. The van der Waals surface area contributed by atoms with Crippen LogP contribution in [-0.2, 0) is 4.79 Å². The molecule has 6 heteroatoms. The number of nitrogens with one attached hydrogen (secondary N) is 1. The molecule has 1 aromatic rings. The van der Waals surface area contributed by atoms with Crippen molar-refractivity contribution < 1.29 is 4.79 Å². The predicted octanol–water partition coefficient (Wildman–Crippen LogP) is 2.15. The van der Waals surface area contributed by atoms with Crippen LogP contribution in [0, 0.1) is 0 Å². The van der Waals surface area contributed by atoms with Crippen molar-refractivity contribution in [3.05, 3.63) is 28.2 Å². The van der Waals surface area contributed by atoms with E-state index in [4.69, 9.17) is 23.7 Å². The van der Waals surface area contributed by atoms with Crippen LogP contribution in [0.1, 0.15) is 25.8 Å². The fourth-order valence-corrected chi connectivity index (χ4v) is 2.22. The van der Waals surface area contributed by atoms with Crippen molar-refractivity contribution in [2.45, 2.75) is 25.8 Å². The van der Waals surface area contributed by atoms with Gasteiger partial charge in [-0.2, -0.15) is 0 Å². The number of benzene rings is 1. The average molecular weight is 330 g/mol. The maximum atomic E-state index is 11.0. The molecule has 0 atom stereocenters. The first kappa shape index (κ1) is 14.9. The Labute approximate surface area is 120 Å². The number of primary amides is 1. The smallest absolute Gasteiger partial charge is 0.219 e. The summed E-state index contributed by atoms with van der Waals surface area (Å²) in [5, 5.41) is 3.25. The van der Waals surface area contributed by atoms with Gasteiger partial charge in [0.2, 0.25) is 5.91 Å². The molecule has 0 aliphatic rings. The molecule has 18 heavy (non-hydrogen) atoms. The number of carbonyl (C=O) groups excluding carboxylic acids is 1. The molecule has 0 saturated carbocycles. The Morgan fingerprint density at radius 1 is 1.44 bits per heavy atom. The van der Waals surface area contributed by atoms with Gasteiger partial charge in [-0.05, 0) is 48.0 Å². The number of anilines is 1. The van der Waals surface area contributed by atoms with Crippen LogP contribution in [0.5, 0.6) is 0 Å². The van der Waals surface area contributed by atoms with Gasteiger partial charge < -0.3 is 16.8 Å². The van der Waals surface area contributed by atoms with Gasteiger partial charge in [0, 0.05) is 27.7 Å². The normalized spacial score (nSPS) is 11.1. The summed E-state index contributed by atoms with van der Waals surface area (Å²) < 4.78 is 0.838. The van der Waals surface area contributed by atoms with Gasteiger partial charge in [-0.3, -0.25) is 4.79 Å². The van der Waals surface area contributed by atoms with Crippen molar-refractivity contribution >= 4 is 44.7 Å². The topological polar surface area (TPSA) is 81.1 Å². The highest BCUT2D eigenvalue weighted by Gasteiger charge is 2.21. The average Bonchev–Trinajstić information content (AvgIpc) is 2.18. The van der Waals surface area contributed by atoms with E-state index in [-0.39, 0.29) is 12.3 Å². The minimum Gasteiger partial charge on any atom is -0.389 e. The third-order valence-corrected chi connectivity index (χ3v) is 3.23. The van der Waals surface area contributed by atoms with Crippen molar-refractivity contribution in [3.8, 4) is 0 Å². The third kappa shape index (κ3) is 4.27. The van der Waals surface area contributed by atoms with Gasteiger partial charge in [-0.15, -0.1) is 0 Å². The van der Waals surface area contributed by atoms with Gasteiger partial charge >= 0.3 is 0 Å². The summed E-state index contributed by atoms with van der Waals surface area (Å²) in [6.45, 7) is 3.82. The molecule has 0 spiro atoms. The Morgan fingerprint density at radius 3 is 2.50 bits per heavy atom. The highest BCUT2D eigenvalue weighted by molar-refractivity contribution is 9.10. The Bertz CT molecular complexity index is 488. The van der Waals surface area contributed by atoms with Crippen LogP contribution in [0.3, 0.4) is 0 Å². The van der Waals surface area contributed by atoms with Crippen LogP contribution in [0.25, 0.3) is 0 Å². The molecule has 1 amide bonds. The maximum absolute atomic E-state index is 11.0. The summed E-state index contributed by atoms with van der Waals surface area (Å²) >= 11 is 8.35. The Morgan fingerprint density at radius 2 is 2.06 bits per heavy atom. The molecule has 0 radical (unpaired) electrons. The van der Waals surface area contributed by atoms with Crippen molar-refractivity contribution in [1.29, 1.82) is 0 Å². The lowest BCUT2D eigenvalue weighted by Crippen LogP contribution is -2.36. The number of nitrogens with two attached hydrogens (primary N) is 2. The zero-order valence-electron chi connectivity index (χ0n) is 10.3. The van der Waals surface area contributed by atoms with E-state index in [2.05, 4.69) is 21.2 Å². The first-order chi connectivity index (χ1) is 8.21. The molecule has 98 valence electrons. The fraction of sp³-hybridized carbons (Fsp3) is 0.333. The Balaban J connectivity index is 2.92. The molecule has 0 aromatic heterocycles. The molecule has 0 bridgehead atoms. The van der Waals surface area contributed by atoms with Gasteiger partial charge in [0.1, 0.15) is 4.99 Å². The zero-order chi connectivity index (χ0) is 13.9. The van der Waals surface area contributed by atoms with Gasteiger partial charge in [-0.25, -0.2) is 0 Å². The maximum Gasteiger partial charge on any atom is 0.219 e. The number of thiocarbonyl (C=S) groups is 1. The van der Waals surface area contributed by atoms with Crippen LogP contribution >= 0.6 is 28.1 Å². The zero-order valence-corrected chi connectivity index (χ0v) is 12.7. The first-order valence-corrected chi connectivity index (χ1v) is 6.57. The molecule has 0 fully saturated rings. The molecular weight excluding hydrogens is 314 g/mol. The van der Waals surface area contributed by atoms with Crippen LogP contribution < -0.4 is 16.8 Å². The van der Waals surface area contributed by atoms with E-state index in [1.807, 2.05) is 32.0 Å². The summed E-state index contributed by atoms with van der Waals surface area (Å²) in [5.74, 6) is -0.344. The number of halogens is 1. The molecule has 0 aliphatic carbocycles. The Hall–Kier alpha value is -1.14. The molecule has 1 rings (SSSR count). The first-order valence-electron chi connectivity index (χ1n) is 5.37. The number of hydrogen-bond acceptors (Lipinski definition) is 3. The molecule has 0 unspecified atom stereocenters. The van der Waals surface area contributed by atoms with Crippen molar-refractivity contribution in [3.63, 3.8) is 0 Å².